The first kappa shape index (κ1) is 11.1. The highest BCUT2D eigenvalue weighted by molar-refractivity contribution is 5.98. The first-order chi connectivity index (χ1) is 9.36. The van der Waals surface area contributed by atoms with Gasteiger partial charge >= 0.3 is 0 Å². The summed E-state index contributed by atoms with van der Waals surface area (Å²) in [5.74, 6) is 0. The average Bonchev–Trinajstić information content (AvgIpc) is 2.81. The second kappa shape index (κ2) is 4.12. The van der Waals surface area contributed by atoms with Crippen molar-refractivity contribution in [3.63, 3.8) is 0 Å². The summed E-state index contributed by atoms with van der Waals surface area (Å²) in [5, 5.41) is 8.66. The Morgan fingerprint density at radius 2 is 1.89 bits per heavy atom. The third-order valence-corrected chi connectivity index (χ3v) is 4.65. The first-order valence-corrected chi connectivity index (χ1v) is 7.26. The van der Waals surface area contributed by atoms with Crippen LogP contribution in [0.25, 0.3) is 10.9 Å². The lowest BCUT2D eigenvalue weighted by Gasteiger charge is -2.30. The number of rotatable bonds is 0. The van der Waals surface area contributed by atoms with Crippen LogP contribution in [0.3, 0.4) is 0 Å². The van der Waals surface area contributed by atoms with Crippen molar-refractivity contribution in [2.75, 3.05) is 17.2 Å². The van der Waals surface area contributed by atoms with E-state index in [4.69, 9.17) is 0 Å². The van der Waals surface area contributed by atoms with E-state index in [-0.39, 0.29) is 0 Å². The van der Waals surface area contributed by atoms with E-state index in [1.54, 1.807) is 0 Å². The molecular weight excluding hydrogens is 234 g/mol. The van der Waals surface area contributed by atoms with Crippen molar-refractivity contribution in [3.05, 3.63) is 30.5 Å². The lowest BCUT2D eigenvalue weighted by molar-refractivity contribution is 0.461. The molecule has 0 radical (unpaired) electrons. The van der Waals surface area contributed by atoms with Crippen LogP contribution in [0.2, 0.25) is 0 Å². The summed E-state index contributed by atoms with van der Waals surface area (Å²) in [5.41, 5.74) is 3.79. The Hall–Kier alpha value is -1.77. The van der Waals surface area contributed by atoms with Crippen LogP contribution in [0.4, 0.5) is 11.4 Å². The Bertz CT molecular complexity index is 614. The van der Waals surface area contributed by atoms with Crippen molar-refractivity contribution in [1.82, 2.24) is 4.98 Å². The van der Waals surface area contributed by atoms with Crippen LogP contribution >= 0.6 is 0 Å². The van der Waals surface area contributed by atoms with Crippen LogP contribution in [0.5, 0.6) is 0 Å². The van der Waals surface area contributed by atoms with Gasteiger partial charge in [0.25, 0.3) is 0 Å². The van der Waals surface area contributed by atoms with E-state index in [9.17, 15) is 0 Å². The number of hydrogen-bond donors (Lipinski definition) is 2. The van der Waals surface area contributed by atoms with E-state index in [0.29, 0.717) is 5.54 Å². The Labute approximate surface area is 113 Å². The topological polar surface area (TPSA) is 37.0 Å². The summed E-state index contributed by atoms with van der Waals surface area (Å²) >= 11 is 0. The van der Waals surface area contributed by atoms with Crippen LogP contribution < -0.4 is 10.6 Å². The van der Waals surface area contributed by atoms with E-state index >= 15 is 0 Å². The van der Waals surface area contributed by atoms with Gasteiger partial charge in [0.15, 0.2) is 0 Å². The molecule has 1 spiro atoms. The summed E-state index contributed by atoms with van der Waals surface area (Å²) in [6.45, 7) is 1.04. The monoisotopic (exact) mass is 253 g/mol. The van der Waals surface area contributed by atoms with Gasteiger partial charge in [0.1, 0.15) is 0 Å². The predicted octanol–water partition coefficient (Wildman–Crippen LogP) is 3.78. The Balaban J connectivity index is 1.88. The number of nitrogens with zero attached hydrogens (tertiary/aromatic N) is 1. The molecule has 98 valence electrons. The molecule has 1 saturated carbocycles. The zero-order valence-electron chi connectivity index (χ0n) is 11.1. The molecule has 1 aromatic heterocycles. The highest BCUT2D eigenvalue weighted by Crippen LogP contribution is 2.41. The highest BCUT2D eigenvalue weighted by atomic mass is 15.1. The third kappa shape index (κ3) is 1.76. The van der Waals surface area contributed by atoms with Gasteiger partial charge in [-0.15, -0.1) is 0 Å². The predicted molar refractivity (Wildman–Crippen MR) is 79.7 cm³/mol. The Kier molecular flexibility index (Phi) is 2.40. The lowest BCUT2D eigenvalue weighted by Crippen LogP contribution is -2.35. The number of pyridine rings is 1. The largest absolute Gasteiger partial charge is 0.382 e. The van der Waals surface area contributed by atoms with E-state index in [0.717, 1.165) is 17.7 Å². The minimum Gasteiger partial charge on any atom is -0.382 e. The maximum absolute atomic E-state index is 4.55. The molecule has 1 aromatic carbocycles. The minimum atomic E-state index is 0.308. The summed E-state index contributed by atoms with van der Waals surface area (Å²) in [4.78, 5) is 4.55. The van der Waals surface area contributed by atoms with Crippen LogP contribution in [0.1, 0.15) is 32.1 Å². The van der Waals surface area contributed by atoms with Gasteiger partial charge in [-0.25, -0.2) is 0 Å². The molecule has 0 atom stereocenters. The SMILES string of the molecule is c1ccc2c3c(cnc2c1)NCCC1(CCCC1)N3. The van der Waals surface area contributed by atoms with Gasteiger partial charge in [-0.3, -0.25) is 4.98 Å². The van der Waals surface area contributed by atoms with Gasteiger partial charge in [0, 0.05) is 17.5 Å². The van der Waals surface area contributed by atoms with Crippen molar-refractivity contribution >= 4 is 22.3 Å². The number of hydrogen-bond acceptors (Lipinski definition) is 3. The third-order valence-electron chi connectivity index (χ3n) is 4.65. The maximum Gasteiger partial charge on any atom is 0.0769 e. The zero-order valence-corrected chi connectivity index (χ0v) is 11.1. The van der Waals surface area contributed by atoms with E-state index in [2.05, 4.69) is 39.9 Å². The normalized spacial score (nSPS) is 20.6. The summed E-state index contributed by atoms with van der Waals surface area (Å²) in [6, 6.07) is 8.41. The van der Waals surface area contributed by atoms with E-state index in [1.165, 1.54) is 43.2 Å². The molecule has 0 bridgehead atoms. The maximum atomic E-state index is 4.55. The second-order valence-electron chi connectivity index (χ2n) is 5.85. The van der Waals surface area contributed by atoms with Gasteiger partial charge in [-0.1, -0.05) is 31.0 Å². The Morgan fingerprint density at radius 1 is 1.05 bits per heavy atom. The van der Waals surface area contributed by atoms with Crippen molar-refractivity contribution in [3.8, 4) is 0 Å². The van der Waals surface area contributed by atoms with Gasteiger partial charge < -0.3 is 10.6 Å². The quantitative estimate of drug-likeness (QED) is 0.750. The molecule has 1 aliphatic carbocycles. The van der Waals surface area contributed by atoms with Gasteiger partial charge in [0.2, 0.25) is 0 Å². The summed E-state index contributed by atoms with van der Waals surface area (Å²) in [7, 11) is 0. The molecule has 3 nitrogen and oxygen atoms in total. The zero-order chi connectivity index (χ0) is 12.7. The molecule has 0 amide bonds. The van der Waals surface area contributed by atoms with Crippen LogP contribution in [-0.4, -0.2) is 17.1 Å². The number of aromatic nitrogens is 1. The fourth-order valence-corrected chi connectivity index (χ4v) is 3.60. The number of nitrogens with one attached hydrogen (secondary N) is 2. The summed E-state index contributed by atoms with van der Waals surface area (Å²) in [6.07, 6.45) is 8.47. The highest BCUT2D eigenvalue weighted by Gasteiger charge is 2.35. The van der Waals surface area contributed by atoms with E-state index in [1.807, 2.05) is 6.20 Å². The molecule has 0 saturated heterocycles. The van der Waals surface area contributed by atoms with Crippen molar-refractivity contribution < 1.29 is 0 Å². The molecule has 2 aromatic rings. The number of para-hydroxylation sites is 1. The van der Waals surface area contributed by atoms with Gasteiger partial charge in [-0.2, -0.15) is 0 Å². The molecule has 3 heteroatoms. The molecular formula is C16H19N3. The number of fused-ring (bicyclic) bond motifs is 3. The van der Waals surface area contributed by atoms with Gasteiger partial charge in [0.05, 0.1) is 23.1 Å². The molecule has 2 N–H and O–H groups in total. The van der Waals surface area contributed by atoms with Crippen LogP contribution in [0.15, 0.2) is 30.5 Å². The van der Waals surface area contributed by atoms with Crippen LogP contribution in [0, 0.1) is 0 Å². The molecule has 4 rings (SSSR count). The molecule has 0 unspecified atom stereocenters. The second-order valence-corrected chi connectivity index (χ2v) is 5.85. The fourth-order valence-electron chi connectivity index (χ4n) is 3.60. The molecule has 2 heterocycles. The Morgan fingerprint density at radius 3 is 2.79 bits per heavy atom. The first-order valence-electron chi connectivity index (χ1n) is 7.26. The lowest BCUT2D eigenvalue weighted by atomic mass is 9.93. The number of benzene rings is 1. The molecule has 1 aliphatic heterocycles. The van der Waals surface area contributed by atoms with Gasteiger partial charge in [-0.05, 0) is 25.3 Å². The standard InChI is InChI=1S/C16H19N3/c1-2-6-13-12(5-1)15-14(11-18-13)17-10-9-16(19-15)7-3-4-8-16/h1-2,5-6,11,17,19H,3-4,7-10H2. The average molecular weight is 253 g/mol. The van der Waals surface area contributed by atoms with Crippen molar-refractivity contribution in [2.45, 2.75) is 37.6 Å². The van der Waals surface area contributed by atoms with Crippen molar-refractivity contribution in [1.29, 1.82) is 0 Å². The number of anilines is 2. The minimum absolute atomic E-state index is 0.308. The van der Waals surface area contributed by atoms with E-state index < -0.39 is 0 Å². The fraction of sp³-hybridized carbons (Fsp3) is 0.438. The molecule has 2 aliphatic rings. The summed E-state index contributed by atoms with van der Waals surface area (Å²) < 4.78 is 0. The van der Waals surface area contributed by atoms with Crippen molar-refractivity contribution in [2.24, 2.45) is 0 Å². The smallest absolute Gasteiger partial charge is 0.0769 e. The molecule has 19 heavy (non-hydrogen) atoms. The van der Waals surface area contributed by atoms with Crippen LogP contribution in [-0.2, 0) is 0 Å². The molecule has 1 fully saturated rings.